The number of nitrogens with two attached hydrogens (primary N) is 1. The van der Waals surface area contributed by atoms with Gasteiger partial charge in [-0.15, -0.1) is 0 Å². The molecule has 0 radical (unpaired) electrons. The van der Waals surface area contributed by atoms with Crippen molar-refractivity contribution in [3.63, 3.8) is 0 Å². The van der Waals surface area contributed by atoms with E-state index < -0.39 is 10.0 Å². The minimum Gasteiger partial charge on any atom is -0.409 e. The molecule has 0 bridgehead atoms. The third-order valence-corrected chi connectivity index (χ3v) is 6.19. The maximum absolute atomic E-state index is 12.5. The van der Waals surface area contributed by atoms with Crippen LogP contribution in [0.15, 0.2) is 5.16 Å². The van der Waals surface area contributed by atoms with Gasteiger partial charge in [-0.1, -0.05) is 5.16 Å². The van der Waals surface area contributed by atoms with Crippen LogP contribution >= 0.6 is 0 Å². The number of hydrogen-bond donors (Lipinski definition) is 2. The first-order valence-corrected chi connectivity index (χ1v) is 8.30. The van der Waals surface area contributed by atoms with Crippen LogP contribution in [0.2, 0.25) is 0 Å². The van der Waals surface area contributed by atoms with E-state index in [2.05, 4.69) is 5.16 Å². The Hall–Kier alpha value is -0.900. The van der Waals surface area contributed by atoms with E-state index in [1.807, 2.05) is 4.90 Å². The summed E-state index contributed by atoms with van der Waals surface area (Å²) in [5.74, 6) is 0.144. The molecule has 0 atom stereocenters. The van der Waals surface area contributed by atoms with Crippen molar-refractivity contribution in [2.24, 2.45) is 10.9 Å². The maximum atomic E-state index is 12.5. The fraction of sp³-hybridized carbons (Fsp3) is 0.909. The van der Waals surface area contributed by atoms with Crippen LogP contribution in [0.5, 0.6) is 0 Å². The summed E-state index contributed by atoms with van der Waals surface area (Å²) in [6.07, 6.45) is 1.15. The normalized spacial score (nSPS) is 24.9. The van der Waals surface area contributed by atoms with Crippen molar-refractivity contribution >= 4 is 15.9 Å². The summed E-state index contributed by atoms with van der Waals surface area (Å²) in [4.78, 5) is 1.98. The van der Waals surface area contributed by atoms with Crippen molar-refractivity contribution in [1.29, 1.82) is 0 Å². The van der Waals surface area contributed by atoms with Gasteiger partial charge in [0.05, 0.1) is 11.8 Å². The van der Waals surface area contributed by atoms with E-state index in [0.717, 1.165) is 0 Å². The number of oxime groups is 1. The Morgan fingerprint density at radius 1 is 1.25 bits per heavy atom. The fourth-order valence-electron chi connectivity index (χ4n) is 2.59. The van der Waals surface area contributed by atoms with Crippen molar-refractivity contribution in [2.75, 3.05) is 45.9 Å². The summed E-state index contributed by atoms with van der Waals surface area (Å²) in [6, 6.07) is 0. The van der Waals surface area contributed by atoms with E-state index in [9.17, 15) is 8.42 Å². The second-order valence-corrected chi connectivity index (χ2v) is 7.34. The van der Waals surface area contributed by atoms with Gasteiger partial charge in [-0.25, -0.2) is 8.42 Å². The minimum atomic E-state index is -3.23. The van der Waals surface area contributed by atoms with E-state index in [-0.39, 0.29) is 11.1 Å². The number of amidine groups is 1. The molecule has 0 amide bonds. The van der Waals surface area contributed by atoms with E-state index in [0.29, 0.717) is 58.8 Å². The van der Waals surface area contributed by atoms with Gasteiger partial charge in [0.25, 0.3) is 0 Å². The lowest BCUT2D eigenvalue weighted by atomic mass is 10.2. The van der Waals surface area contributed by atoms with Crippen molar-refractivity contribution < 1.29 is 18.4 Å². The number of nitrogens with zero attached hydrogens (tertiary/aromatic N) is 3. The zero-order valence-electron chi connectivity index (χ0n) is 11.4. The van der Waals surface area contributed by atoms with Crippen molar-refractivity contribution in [3.05, 3.63) is 0 Å². The number of piperazine rings is 1. The van der Waals surface area contributed by atoms with Gasteiger partial charge in [0.15, 0.2) is 5.84 Å². The average molecular weight is 306 g/mol. The van der Waals surface area contributed by atoms with Gasteiger partial charge in [0.2, 0.25) is 10.0 Å². The second kappa shape index (κ2) is 6.70. The highest BCUT2D eigenvalue weighted by Crippen LogP contribution is 2.20. The van der Waals surface area contributed by atoms with Crippen LogP contribution in [0, 0.1) is 0 Å². The van der Waals surface area contributed by atoms with Crippen LogP contribution in [-0.2, 0) is 14.8 Å². The summed E-state index contributed by atoms with van der Waals surface area (Å²) in [5, 5.41) is 11.2. The lowest BCUT2D eigenvalue weighted by molar-refractivity contribution is 0.0964. The fourth-order valence-corrected chi connectivity index (χ4v) is 4.47. The lowest BCUT2D eigenvalue weighted by Crippen LogP contribution is -2.53. The Bertz CT molecular complexity index is 439. The molecule has 2 rings (SSSR count). The SMILES string of the molecule is NC(CN1CCN(S(=O)(=O)C2CCOCC2)CC1)=NO. The lowest BCUT2D eigenvalue weighted by Gasteiger charge is -2.36. The summed E-state index contributed by atoms with van der Waals surface area (Å²) >= 11 is 0. The molecule has 0 spiro atoms. The van der Waals surface area contributed by atoms with E-state index in [1.165, 1.54) is 0 Å². The molecule has 2 fully saturated rings. The monoisotopic (exact) mass is 306 g/mol. The highest BCUT2D eigenvalue weighted by atomic mass is 32.2. The van der Waals surface area contributed by atoms with Crippen LogP contribution in [0.4, 0.5) is 0 Å². The molecule has 0 aromatic heterocycles. The molecule has 2 heterocycles. The molecule has 3 N–H and O–H groups in total. The number of ether oxygens (including phenoxy) is 1. The van der Waals surface area contributed by atoms with Crippen molar-refractivity contribution in [3.8, 4) is 0 Å². The number of sulfonamides is 1. The molecule has 0 aromatic rings. The van der Waals surface area contributed by atoms with Crippen LogP contribution in [0.3, 0.4) is 0 Å². The molecule has 2 saturated heterocycles. The first kappa shape index (κ1) is 15.5. The van der Waals surface area contributed by atoms with Crippen LogP contribution < -0.4 is 5.73 Å². The molecule has 0 saturated carbocycles. The molecular weight excluding hydrogens is 284 g/mol. The molecule has 2 aliphatic rings. The number of rotatable bonds is 4. The Balaban J connectivity index is 1.89. The Labute approximate surface area is 119 Å². The summed E-state index contributed by atoms with van der Waals surface area (Å²) in [7, 11) is -3.23. The van der Waals surface area contributed by atoms with Gasteiger partial charge in [-0.3, -0.25) is 4.90 Å². The summed E-state index contributed by atoms with van der Waals surface area (Å²) < 4.78 is 31.8. The molecule has 20 heavy (non-hydrogen) atoms. The zero-order chi connectivity index (χ0) is 14.6. The van der Waals surface area contributed by atoms with Crippen molar-refractivity contribution in [2.45, 2.75) is 18.1 Å². The topological polar surface area (TPSA) is 108 Å². The van der Waals surface area contributed by atoms with Gasteiger partial charge in [-0.05, 0) is 12.8 Å². The summed E-state index contributed by atoms with van der Waals surface area (Å²) in [6.45, 7) is 3.51. The molecular formula is C11H22N4O4S. The van der Waals surface area contributed by atoms with E-state index >= 15 is 0 Å². The third kappa shape index (κ3) is 3.60. The largest absolute Gasteiger partial charge is 0.409 e. The van der Waals surface area contributed by atoms with Gasteiger partial charge < -0.3 is 15.7 Å². The number of hydrogen-bond acceptors (Lipinski definition) is 6. The van der Waals surface area contributed by atoms with E-state index in [1.54, 1.807) is 4.31 Å². The molecule has 9 heteroatoms. The second-order valence-electron chi connectivity index (χ2n) is 5.12. The predicted molar refractivity (Wildman–Crippen MR) is 74.2 cm³/mol. The molecule has 116 valence electrons. The standard InChI is InChI=1S/C11H22N4O4S/c12-11(13-16)9-14-3-5-15(6-4-14)20(17,18)10-1-7-19-8-2-10/h10,16H,1-9H2,(H2,12,13). The van der Waals surface area contributed by atoms with Gasteiger partial charge in [-0.2, -0.15) is 4.31 Å². The van der Waals surface area contributed by atoms with Gasteiger partial charge in [0, 0.05) is 39.4 Å². The summed E-state index contributed by atoms with van der Waals surface area (Å²) in [5.41, 5.74) is 5.45. The molecule has 0 aliphatic carbocycles. The Kier molecular flexibility index (Phi) is 5.19. The zero-order valence-corrected chi connectivity index (χ0v) is 12.3. The highest BCUT2D eigenvalue weighted by Gasteiger charge is 2.35. The first-order valence-electron chi connectivity index (χ1n) is 6.79. The van der Waals surface area contributed by atoms with Crippen molar-refractivity contribution in [1.82, 2.24) is 9.21 Å². The van der Waals surface area contributed by atoms with Crippen LogP contribution in [0.25, 0.3) is 0 Å². The smallest absolute Gasteiger partial charge is 0.217 e. The maximum Gasteiger partial charge on any atom is 0.217 e. The Morgan fingerprint density at radius 3 is 2.40 bits per heavy atom. The first-order chi connectivity index (χ1) is 9.54. The Morgan fingerprint density at radius 2 is 1.85 bits per heavy atom. The molecule has 8 nitrogen and oxygen atoms in total. The molecule has 0 aromatic carbocycles. The average Bonchev–Trinajstić information content (AvgIpc) is 2.48. The highest BCUT2D eigenvalue weighted by molar-refractivity contribution is 7.89. The van der Waals surface area contributed by atoms with E-state index in [4.69, 9.17) is 15.7 Å². The third-order valence-electron chi connectivity index (χ3n) is 3.79. The van der Waals surface area contributed by atoms with Gasteiger partial charge in [0.1, 0.15) is 0 Å². The van der Waals surface area contributed by atoms with Gasteiger partial charge >= 0.3 is 0 Å². The quantitative estimate of drug-likeness (QED) is 0.294. The van der Waals surface area contributed by atoms with Crippen LogP contribution in [-0.4, -0.2) is 79.9 Å². The minimum absolute atomic E-state index is 0.144. The molecule has 0 unspecified atom stereocenters. The van der Waals surface area contributed by atoms with Crippen LogP contribution in [0.1, 0.15) is 12.8 Å². The predicted octanol–water partition coefficient (Wildman–Crippen LogP) is -1.14. The molecule has 2 aliphatic heterocycles.